The molecular formula is C12H13FN4O2. The van der Waals surface area contributed by atoms with Crippen molar-refractivity contribution < 1.29 is 14.3 Å². The number of aliphatic hydroxyl groups excluding tert-OH is 1. The van der Waals surface area contributed by atoms with Crippen molar-refractivity contribution in [3.05, 3.63) is 48.0 Å². The summed E-state index contributed by atoms with van der Waals surface area (Å²) in [6.45, 7) is -0.0926. The number of aliphatic hydroxyl groups is 1. The molecule has 0 radical (unpaired) electrons. The quantitative estimate of drug-likeness (QED) is 0.673. The SMILES string of the molecule is O=C(NCC(O)c1ccccc1F)Nc1cn[nH]c1. The number of H-pyrrole nitrogens is 1. The lowest BCUT2D eigenvalue weighted by atomic mass is 10.1. The van der Waals surface area contributed by atoms with Crippen LogP contribution in [0.1, 0.15) is 11.7 Å². The van der Waals surface area contributed by atoms with Crippen LogP contribution in [0, 0.1) is 5.82 Å². The Morgan fingerprint density at radius 1 is 1.47 bits per heavy atom. The third-order valence-electron chi connectivity index (χ3n) is 2.48. The second-order valence-electron chi connectivity index (χ2n) is 3.86. The standard InChI is InChI=1S/C12H13FN4O2/c13-10-4-2-1-3-9(10)11(18)7-14-12(19)17-8-5-15-16-6-8/h1-6,11,18H,7H2,(H,15,16)(H2,14,17,19). The van der Waals surface area contributed by atoms with Crippen molar-refractivity contribution in [2.45, 2.75) is 6.10 Å². The van der Waals surface area contributed by atoms with Gasteiger partial charge in [0.05, 0.1) is 18.0 Å². The smallest absolute Gasteiger partial charge is 0.319 e. The Morgan fingerprint density at radius 2 is 2.26 bits per heavy atom. The van der Waals surface area contributed by atoms with Gasteiger partial charge in [0.2, 0.25) is 0 Å². The number of carbonyl (C=O) groups excluding carboxylic acids is 1. The predicted octanol–water partition coefficient (Wildman–Crippen LogP) is 1.40. The molecule has 0 aliphatic heterocycles. The first-order chi connectivity index (χ1) is 9.16. The number of hydrogen-bond donors (Lipinski definition) is 4. The number of amides is 2. The molecule has 0 spiro atoms. The molecule has 7 heteroatoms. The van der Waals surface area contributed by atoms with Gasteiger partial charge >= 0.3 is 6.03 Å². The van der Waals surface area contributed by atoms with E-state index >= 15 is 0 Å². The van der Waals surface area contributed by atoms with Gasteiger partial charge in [-0.3, -0.25) is 5.10 Å². The molecule has 4 N–H and O–H groups in total. The summed E-state index contributed by atoms with van der Waals surface area (Å²) in [6.07, 6.45) is 1.84. The number of aromatic amines is 1. The summed E-state index contributed by atoms with van der Waals surface area (Å²) in [5, 5.41) is 20.9. The number of urea groups is 1. The number of aromatic nitrogens is 2. The molecule has 0 aliphatic carbocycles. The summed E-state index contributed by atoms with van der Waals surface area (Å²) in [4.78, 5) is 11.5. The lowest BCUT2D eigenvalue weighted by Crippen LogP contribution is -2.32. The van der Waals surface area contributed by atoms with Crippen molar-refractivity contribution in [2.75, 3.05) is 11.9 Å². The van der Waals surface area contributed by atoms with Crippen molar-refractivity contribution >= 4 is 11.7 Å². The largest absolute Gasteiger partial charge is 0.386 e. The van der Waals surface area contributed by atoms with Gasteiger partial charge in [0.1, 0.15) is 5.82 Å². The molecule has 1 atom stereocenters. The first-order valence-electron chi connectivity index (χ1n) is 5.63. The van der Waals surface area contributed by atoms with Gasteiger partial charge in [0.25, 0.3) is 0 Å². The Kier molecular flexibility index (Phi) is 4.09. The average molecular weight is 264 g/mol. The summed E-state index contributed by atoms with van der Waals surface area (Å²) >= 11 is 0. The second-order valence-corrected chi connectivity index (χ2v) is 3.86. The van der Waals surface area contributed by atoms with Gasteiger partial charge in [-0.2, -0.15) is 5.10 Å². The summed E-state index contributed by atoms with van der Waals surface area (Å²) in [6, 6.07) is 5.37. The van der Waals surface area contributed by atoms with E-state index in [1.54, 1.807) is 6.07 Å². The van der Waals surface area contributed by atoms with E-state index in [1.807, 2.05) is 0 Å². The minimum absolute atomic E-state index is 0.0926. The van der Waals surface area contributed by atoms with Crippen LogP contribution in [0.2, 0.25) is 0 Å². The molecule has 1 aromatic heterocycles. The van der Waals surface area contributed by atoms with Crippen LogP contribution in [0.3, 0.4) is 0 Å². The van der Waals surface area contributed by atoms with Crippen LogP contribution in [-0.4, -0.2) is 27.9 Å². The summed E-state index contributed by atoms with van der Waals surface area (Å²) in [5.74, 6) is -0.507. The van der Waals surface area contributed by atoms with Gasteiger partial charge in [-0.25, -0.2) is 9.18 Å². The number of rotatable bonds is 4. The number of nitrogens with zero attached hydrogens (tertiary/aromatic N) is 1. The van der Waals surface area contributed by atoms with E-state index in [4.69, 9.17) is 0 Å². The first kappa shape index (κ1) is 13.0. The molecular weight excluding hydrogens is 251 g/mol. The molecule has 19 heavy (non-hydrogen) atoms. The maximum Gasteiger partial charge on any atom is 0.319 e. The lowest BCUT2D eigenvalue weighted by molar-refractivity contribution is 0.170. The topological polar surface area (TPSA) is 90.0 Å². The van der Waals surface area contributed by atoms with E-state index in [-0.39, 0.29) is 12.1 Å². The highest BCUT2D eigenvalue weighted by Gasteiger charge is 2.13. The van der Waals surface area contributed by atoms with Crippen molar-refractivity contribution in [2.24, 2.45) is 0 Å². The third kappa shape index (κ3) is 3.52. The molecule has 0 fully saturated rings. The van der Waals surface area contributed by atoms with Gasteiger partial charge < -0.3 is 15.7 Å². The van der Waals surface area contributed by atoms with Crippen LogP contribution in [0.25, 0.3) is 0 Å². The van der Waals surface area contributed by atoms with Crippen LogP contribution in [-0.2, 0) is 0 Å². The van der Waals surface area contributed by atoms with E-state index in [1.165, 1.54) is 30.6 Å². The zero-order chi connectivity index (χ0) is 13.7. The molecule has 0 bridgehead atoms. The van der Waals surface area contributed by atoms with E-state index in [0.29, 0.717) is 5.69 Å². The minimum Gasteiger partial charge on any atom is -0.386 e. The first-order valence-corrected chi connectivity index (χ1v) is 5.63. The van der Waals surface area contributed by atoms with Crippen LogP contribution >= 0.6 is 0 Å². The molecule has 0 saturated heterocycles. The van der Waals surface area contributed by atoms with E-state index in [2.05, 4.69) is 20.8 Å². The highest BCUT2D eigenvalue weighted by molar-refractivity contribution is 5.88. The normalized spacial score (nSPS) is 11.9. The molecule has 2 rings (SSSR count). The summed E-state index contributed by atoms with van der Waals surface area (Å²) < 4.78 is 13.4. The monoisotopic (exact) mass is 264 g/mol. The van der Waals surface area contributed by atoms with E-state index < -0.39 is 18.0 Å². The van der Waals surface area contributed by atoms with Crippen LogP contribution in [0.4, 0.5) is 14.9 Å². The molecule has 0 saturated carbocycles. The Labute approximate surface area is 108 Å². The molecule has 0 aliphatic rings. The highest BCUT2D eigenvalue weighted by atomic mass is 19.1. The van der Waals surface area contributed by atoms with Crippen LogP contribution in [0.15, 0.2) is 36.7 Å². The lowest BCUT2D eigenvalue weighted by Gasteiger charge is -2.13. The van der Waals surface area contributed by atoms with Crippen LogP contribution in [0.5, 0.6) is 0 Å². The fourth-order valence-electron chi connectivity index (χ4n) is 1.54. The number of hydrogen-bond acceptors (Lipinski definition) is 3. The molecule has 2 amide bonds. The van der Waals surface area contributed by atoms with Crippen molar-refractivity contribution in [3.8, 4) is 0 Å². The second kappa shape index (κ2) is 5.96. The molecule has 1 aromatic carbocycles. The van der Waals surface area contributed by atoms with E-state index in [0.717, 1.165) is 0 Å². The van der Waals surface area contributed by atoms with Crippen molar-refractivity contribution in [1.82, 2.24) is 15.5 Å². The maximum atomic E-state index is 13.4. The zero-order valence-corrected chi connectivity index (χ0v) is 9.93. The van der Waals surface area contributed by atoms with Gasteiger partial charge in [-0.1, -0.05) is 18.2 Å². The van der Waals surface area contributed by atoms with E-state index in [9.17, 15) is 14.3 Å². The molecule has 100 valence electrons. The van der Waals surface area contributed by atoms with Crippen molar-refractivity contribution in [1.29, 1.82) is 0 Å². The van der Waals surface area contributed by atoms with Gasteiger partial charge in [-0.05, 0) is 6.07 Å². The molecule has 1 heterocycles. The predicted molar refractivity (Wildman–Crippen MR) is 67.0 cm³/mol. The fraction of sp³-hybridized carbons (Fsp3) is 0.167. The number of benzene rings is 1. The third-order valence-corrected chi connectivity index (χ3v) is 2.48. The Hall–Kier alpha value is -2.41. The number of nitrogens with one attached hydrogen (secondary N) is 3. The number of halogens is 1. The summed E-state index contributed by atoms with van der Waals surface area (Å²) in [5.41, 5.74) is 0.643. The summed E-state index contributed by atoms with van der Waals surface area (Å²) in [7, 11) is 0. The van der Waals surface area contributed by atoms with Gasteiger partial charge in [0.15, 0.2) is 0 Å². The van der Waals surface area contributed by atoms with Gasteiger partial charge in [-0.15, -0.1) is 0 Å². The number of carbonyl (C=O) groups is 1. The zero-order valence-electron chi connectivity index (χ0n) is 9.93. The molecule has 1 unspecified atom stereocenters. The van der Waals surface area contributed by atoms with Gasteiger partial charge in [0, 0.05) is 18.3 Å². The van der Waals surface area contributed by atoms with Crippen LogP contribution < -0.4 is 10.6 Å². The fourth-order valence-corrected chi connectivity index (χ4v) is 1.54. The number of anilines is 1. The Balaban J connectivity index is 1.85. The van der Waals surface area contributed by atoms with Crippen molar-refractivity contribution in [3.63, 3.8) is 0 Å². The Bertz CT molecular complexity index is 544. The highest BCUT2D eigenvalue weighted by Crippen LogP contribution is 2.15. The minimum atomic E-state index is -1.10. The molecule has 6 nitrogen and oxygen atoms in total. The average Bonchev–Trinajstić information content (AvgIpc) is 2.89. The molecule has 2 aromatic rings. The Morgan fingerprint density at radius 3 is 2.95 bits per heavy atom. The maximum absolute atomic E-state index is 13.4.